The first-order valence-electron chi connectivity index (χ1n) is 11.7. The van der Waals surface area contributed by atoms with Gasteiger partial charge in [0, 0.05) is 24.4 Å². The maximum absolute atomic E-state index is 13.0. The van der Waals surface area contributed by atoms with Crippen molar-refractivity contribution in [2.75, 3.05) is 19.0 Å². The van der Waals surface area contributed by atoms with Crippen LogP contribution in [0.25, 0.3) is 0 Å². The maximum atomic E-state index is 13.0. The summed E-state index contributed by atoms with van der Waals surface area (Å²) in [5, 5.41) is 16.9. The lowest BCUT2D eigenvalue weighted by Gasteiger charge is -2.38. The molecule has 2 amide bonds. The molecule has 1 aliphatic heterocycles. The van der Waals surface area contributed by atoms with Crippen molar-refractivity contribution in [2.45, 2.75) is 44.2 Å². The molecule has 0 saturated heterocycles. The molecule has 1 aliphatic rings. The van der Waals surface area contributed by atoms with Crippen LogP contribution in [0.1, 0.15) is 38.8 Å². The van der Waals surface area contributed by atoms with E-state index in [0.29, 0.717) is 17.7 Å². The number of hydrogen-bond acceptors (Lipinski definition) is 8. The van der Waals surface area contributed by atoms with Gasteiger partial charge >= 0.3 is 12.0 Å². The van der Waals surface area contributed by atoms with E-state index in [1.165, 1.54) is 35.2 Å². The quantitative estimate of drug-likeness (QED) is 0.195. The van der Waals surface area contributed by atoms with Crippen LogP contribution in [0.2, 0.25) is 0 Å². The number of nitrogens with zero attached hydrogens (tertiary/aromatic N) is 2. The summed E-state index contributed by atoms with van der Waals surface area (Å²) in [5.41, 5.74) is 0.688. The van der Waals surface area contributed by atoms with E-state index < -0.39 is 38.9 Å². The molecule has 1 atom stereocenters. The van der Waals surface area contributed by atoms with Gasteiger partial charge in [-0.05, 0) is 51.4 Å². The van der Waals surface area contributed by atoms with Crippen molar-refractivity contribution in [3.8, 4) is 0 Å². The number of esters is 1. The molecule has 1 heterocycles. The second kappa shape index (κ2) is 12.0. The number of carbonyl (C=O) groups is 2. The summed E-state index contributed by atoms with van der Waals surface area (Å²) >= 11 is 0. The highest BCUT2D eigenvalue weighted by atomic mass is 32.2. The number of nitro groups is 1. The van der Waals surface area contributed by atoms with Crippen molar-refractivity contribution in [2.24, 2.45) is 0 Å². The molecule has 198 valence electrons. The number of rotatable bonds is 11. The Bertz CT molecular complexity index is 1290. The minimum absolute atomic E-state index is 0.142. The number of allylic oxidation sites excluding steroid dienone is 1. The Morgan fingerprint density at radius 2 is 1.89 bits per heavy atom. The topological polar surface area (TPSA) is 148 Å². The highest BCUT2D eigenvalue weighted by Crippen LogP contribution is 2.36. The van der Waals surface area contributed by atoms with E-state index in [1.807, 2.05) is 0 Å². The molecule has 11 nitrogen and oxygen atoms in total. The van der Waals surface area contributed by atoms with Gasteiger partial charge in [-0.15, -0.1) is 0 Å². The van der Waals surface area contributed by atoms with Crippen LogP contribution in [0.15, 0.2) is 70.8 Å². The van der Waals surface area contributed by atoms with Gasteiger partial charge in [0.2, 0.25) is 0 Å². The highest BCUT2D eigenvalue weighted by molar-refractivity contribution is 7.91. The minimum Gasteiger partial charge on any atom is -0.459 e. The molecular formula is C25H30N4O7S. The number of nitrogens with one attached hydrogen (secondary N) is 2. The number of amides is 2. The molecular weight excluding hydrogens is 500 g/mol. The zero-order valence-corrected chi connectivity index (χ0v) is 21.7. The van der Waals surface area contributed by atoms with Crippen LogP contribution >= 0.6 is 0 Å². The zero-order chi connectivity index (χ0) is 27.2. The standard InChI is InChI=1S/C25H30N4O7S/c1-17(2)36-24(30)22-18(3)27-25(31)28(23(22)19-9-7-10-20(15-19)29(32)33)14-8-13-26-16-37(34,35)21-11-5-4-6-12-21/h4-7,9-12,15,17,23,26H,8,13-14,16H2,1-3H3,(H,27,31). The second-order valence-corrected chi connectivity index (χ2v) is 10.8. The third-order valence-corrected chi connectivity index (χ3v) is 7.23. The predicted molar refractivity (Wildman–Crippen MR) is 136 cm³/mol. The van der Waals surface area contributed by atoms with Crippen LogP contribution in [-0.4, -0.2) is 55.3 Å². The largest absolute Gasteiger partial charge is 0.459 e. The van der Waals surface area contributed by atoms with Crippen molar-refractivity contribution < 1.29 is 27.7 Å². The predicted octanol–water partition coefficient (Wildman–Crippen LogP) is 3.30. The molecule has 0 radical (unpaired) electrons. The van der Waals surface area contributed by atoms with E-state index in [4.69, 9.17) is 4.74 Å². The average Bonchev–Trinajstić information content (AvgIpc) is 2.84. The summed E-state index contributed by atoms with van der Waals surface area (Å²) in [4.78, 5) is 38.5. The number of non-ortho nitro benzene ring substituents is 1. The van der Waals surface area contributed by atoms with Crippen LogP contribution in [0.4, 0.5) is 10.5 Å². The van der Waals surface area contributed by atoms with E-state index in [0.717, 1.165) is 0 Å². The molecule has 1 unspecified atom stereocenters. The van der Waals surface area contributed by atoms with Gasteiger partial charge in [0.25, 0.3) is 5.69 Å². The Balaban J connectivity index is 1.80. The van der Waals surface area contributed by atoms with Gasteiger partial charge in [0.1, 0.15) is 5.88 Å². The Hall–Kier alpha value is -3.77. The van der Waals surface area contributed by atoms with Crippen LogP contribution in [0.5, 0.6) is 0 Å². The fourth-order valence-electron chi connectivity index (χ4n) is 4.00. The van der Waals surface area contributed by atoms with Crippen LogP contribution < -0.4 is 10.6 Å². The molecule has 0 aromatic heterocycles. The summed E-state index contributed by atoms with van der Waals surface area (Å²) in [6.45, 7) is 5.39. The maximum Gasteiger partial charge on any atom is 0.338 e. The van der Waals surface area contributed by atoms with Gasteiger partial charge in [-0.25, -0.2) is 18.0 Å². The number of urea groups is 1. The molecule has 3 rings (SSSR count). The number of hydrogen-bond donors (Lipinski definition) is 2. The molecule has 0 saturated carbocycles. The Labute approximate surface area is 215 Å². The molecule has 0 spiro atoms. The summed E-state index contributed by atoms with van der Waals surface area (Å²) in [7, 11) is -3.52. The van der Waals surface area contributed by atoms with Crippen LogP contribution in [0.3, 0.4) is 0 Å². The monoisotopic (exact) mass is 530 g/mol. The number of benzene rings is 2. The molecule has 37 heavy (non-hydrogen) atoms. The second-order valence-electron chi connectivity index (χ2n) is 8.80. The smallest absolute Gasteiger partial charge is 0.338 e. The molecule has 0 bridgehead atoms. The lowest BCUT2D eigenvalue weighted by Crippen LogP contribution is -2.49. The van der Waals surface area contributed by atoms with Crippen molar-refractivity contribution in [3.63, 3.8) is 0 Å². The van der Waals surface area contributed by atoms with Gasteiger partial charge in [-0.1, -0.05) is 30.3 Å². The average molecular weight is 531 g/mol. The van der Waals surface area contributed by atoms with Crippen molar-refractivity contribution in [1.29, 1.82) is 0 Å². The zero-order valence-electron chi connectivity index (χ0n) is 20.8. The summed E-state index contributed by atoms with van der Waals surface area (Å²) in [6.07, 6.45) is -0.0604. The summed E-state index contributed by atoms with van der Waals surface area (Å²) in [5.74, 6) is -0.913. The summed E-state index contributed by atoms with van der Waals surface area (Å²) < 4.78 is 30.3. The van der Waals surface area contributed by atoms with Gasteiger partial charge < -0.3 is 20.3 Å². The molecule has 2 N–H and O–H groups in total. The Kier molecular flexibility index (Phi) is 9.00. The fourth-order valence-corrected chi connectivity index (χ4v) is 5.15. The molecule has 12 heteroatoms. The lowest BCUT2D eigenvalue weighted by atomic mass is 9.93. The van der Waals surface area contributed by atoms with Gasteiger partial charge in [-0.3, -0.25) is 10.1 Å². The Morgan fingerprint density at radius 3 is 2.54 bits per heavy atom. The first-order chi connectivity index (χ1) is 17.5. The number of carbonyl (C=O) groups excluding carboxylic acids is 2. The normalized spacial score (nSPS) is 16.1. The SMILES string of the molecule is CC1=C(C(=O)OC(C)C)C(c2cccc([N+](=O)[O-])c2)N(CCCNCS(=O)(=O)c2ccccc2)C(=O)N1. The van der Waals surface area contributed by atoms with Crippen molar-refractivity contribution in [1.82, 2.24) is 15.5 Å². The lowest BCUT2D eigenvalue weighted by molar-refractivity contribution is -0.384. The Morgan fingerprint density at radius 1 is 1.19 bits per heavy atom. The first-order valence-corrected chi connectivity index (χ1v) is 13.4. The highest BCUT2D eigenvalue weighted by Gasteiger charge is 2.39. The van der Waals surface area contributed by atoms with Crippen molar-refractivity contribution in [3.05, 3.63) is 81.5 Å². The first kappa shape index (κ1) is 27.8. The third kappa shape index (κ3) is 6.92. The van der Waals surface area contributed by atoms with Crippen LogP contribution in [0, 0.1) is 10.1 Å². The van der Waals surface area contributed by atoms with E-state index in [2.05, 4.69) is 10.6 Å². The summed E-state index contributed by atoms with van der Waals surface area (Å²) in [6, 6.07) is 12.4. The van der Waals surface area contributed by atoms with E-state index >= 15 is 0 Å². The van der Waals surface area contributed by atoms with E-state index in [1.54, 1.807) is 45.0 Å². The molecule has 2 aromatic rings. The number of ether oxygens (including phenoxy) is 1. The van der Waals surface area contributed by atoms with Crippen LogP contribution in [-0.2, 0) is 19.4 Å². The fraction of sp³-hybridized carbons (Fsp3) is 0.360. The number of nitro benzene ring substituents is 1. The molecule has 0 fully saturated rings. The molecule has 0 aliphatic carbocycles. The third-order valence-electron chi connectivity index (χ3n) is 5.65. The van der Waals surface area contributed by atoms with Crippen molar-refractivity contribution >= 4 is 27.5 Å². The minimum atomic E-state index is -3.52. The van der Waals surface area contributed by atoms with Gasteiger partial charge in [0.05, 0.1) is 27.5 Å². The van der Waals surface area contributed by atoms with Gasteiger partial charge in [0.15, 0.2) is 9.84 Å². The van der Waals surface area contributed by atoms with Gasteiger partial charge in [-0.2, -0.15) is 0 Å². The molecule has 2 aromatic carbocycles. The van der Waals surface area contributed by atoms with E-state index in [9.17, 15) is 28.1 Å². The number of sulfone groups is 1. The van der Waals surface area contributed by atoms with E-state index in [-0.39, 0.29) is 35.1 Å².